The lowest BCUT2D eigenvalue weighted by atomic mass is 10.2. The predicted octanol–water partition coefficient (Wildman–Crippen LogP) is 5.30. The molecule has 0 bridgehead atoms. The van der Waals surface area contributed by atoms with Gasteiger partial charge >= 0.3 is 0 Å². The molecule has 0 radical (unpaired) electrons. The molecule has 1 aromatic carbocycles. The molecule has 6 nitrogen and oxygen atoms in total. The molecule has 1 N–H and O–H groups in total. The Morgan fingerprint density at radius 3 is 2.75 bits per heavy atom. The smallest absolute Gasteiger partial charge is 0.268 e. The van der Waals surface area contributed by atoms with Crippen LogP contribution in [-0.4, -0.2) is 20.7 Å². The van der Waals surface area contributed by atoms with Crippen LogP contribution in [-0.2, 0) is 4.79 Å². The van der Waals surface area contributed by atoms with Crippen LogP contribution >= 0.6 is 34.5 Å². The molecule has 9 heteroatoms. The van der Waals surface area contributed by atoms with Gasteiger partial charge in [0.2, 0.25) is 5.13 Å². The van der Waals surface area contributed by atoms with Gasteiger partial charge in [0, 0.05) is 22.8 Å². The molecule has 0 aliphatic heterocycles. The number of nitrogens with zero attached hydrogens (tertiary/aromatic N) is 4. The fraction of sp³-hybridized carbons (Fsp3) is 0.158. The topological polar surface area (TPSA) is 83.6 Å². The van der Waals surface area contributed by atoms with Gasteiger partial charge < -0.3 is 4.57 Å². The molecule has 1 amide bonds. The van der Waals surface area contributed by atoms with Crippen molar-refractivity contribution in [3.8, 4) is 11.8 Å². The SMILES string of the molecule is CC(C)c1nnc(NC(=O)/C(C#N)=C\c2cccn2-c2ccc(Cl)cc2Cl)s1. The summed E-state index contributed by atoms with van der Waals surface area (Å²) in [5, 5.41) is 22.2. The molecule has 0 unspecified atom stereocenters. The van der Waals surface area contributed by atoms with Gasteiger partial charge in [-0.1, -0.05) is 48.4 Å². The van der Waals surface area contributed by atoms with Crippen LogP contribution in [0.3, 0.4) is 0 Å². The Morgan fingerprint density at radius 1 is 1.32 bits per heavy atom. The highest BCUT2D eigenvalue weighted by Gasteiger charge is 2.15. The summed E-state index contributed by atoms with van der Waals surface area (Å²) in [7, 11) is 0. The number of benzene rings is 1. The molecule has 142 valence electrons. The average Bonchev–Trinajstić information content (AvgIpc) is 3.29. The number of aromatic nitrogens is 3. The van der Waals surface area contributed by atoms with Gasteiger partial charge in [-0.2, -0.15) is 5.26 Å². The minimum atomic E-state index is -0.552. The van der Waals surface area contributed by atoms with Gasteiger partial charge in [-0.05, 0) is 36.4 Å². The maximum Gasteiger partial charge on any atom is 0.268 e. The highest BCUT2D eigenvalue weighted by atomic mass is 35.5. The molecule has 28 heavy (non-hydrogen) atoms. The lowest BCUT2D eigenvalue weighted by molar-refractivity contribution is -0.112. The van der Waals surface area contributed by atoms with Crippen molar-refractivity contribution in [2.75, 3.05) is 5.32 Å². The van der Waals surface area contributed by atoms with Crippen molar-refractivity contribution < 1.29 is 4.79 Å². The summed E-state index contributed by atoms with van der Waals surface area (Å²) in [6.07, 6.45) is 3.28. The maximum atomic E-state index is 12.5. The first kappa shape index (κ1) is 20.1. The summed E-state index contributed by atoms with van der Waals surface area (Å²) in [6, 6.07) is 10.6. The standard InChI is InChI=1S/C19H15Cl2N5OS/c1-11(2)18-24-25-19(28-18)23-17(27)12(10-22)8-14-4-3-7-26(14)16-6-5-13(20)9-15(16)21/h3-9,11H,1-2H3,(H,23,25,27)/b12-8-. The van der Waals surface area contributed by atoms with Crippen LogP contribution in [0.2, 0.25) is 10.0 Å². The van der Waals surface area contributed by atoms with E-state index in [2.05, 4.69) is 15.5 Å². The van der Waals surface area contributed by atoms with Crippen LogP contribution in [0.4, 0.5) is 5.13 Å². The lowest BCUT2D eigenvalue weighted by Gasteiger charge is -2.09. The van der Waals surface area contributed by atoms with Gasteiger partial charge in [0.15, 0.2) is 0 Å². The molecule has 2 aromatic heterocycles. The fourth-order valence-electron chi connectivity index (χ4n) is 2.39. The Labute approximate surface area is 176 Å². The second-order valence-electron chi connectivity index (χ2n) is 6.12. The number of rotatable bonds is 5. The van der Waals surface area contributed by atoms with Crippen LogP contribution in [0.5, 0.6) is 0 Å². The second-order valence-corrected chi connectivity index (χ2v) is 7.98. The number of hydrogen-bond donors (Lipinski definition) is 1. The van der Waals surface area contributed by atoms with Crippen LogP contribution in [0, 0.1) is 11.3 Å². The summed E-state index contributed by atoms with van der Waals surface area (Å²) in [5.41, 5.74) is 1.24. The minimum Gasteiger partial charge on any atom is -0.316 e. The molecule has 3 aromatic rings. The Morgan fingerprint density at radius 2 is 2.11 bits per heavy atom. The molecule has 3 rings (SSSR count). The van der Waals surface area contributed by atoms with Gasteiger partial charge in [-0.15, -0.1) is 10.2 Å². The van der Waals surface area contributed by atoms with Gasteiger partial charge in [-0.3, -0.25) is 10.1 Å². The number of anilines is 1. The third-order valence-electron chi connectivity index (χ3n) is 3.76. The molecular formula is C19H15Cl2N5OS. The molecule has 0 fully saturated rings. The number of carbonyl (C=O) groups is 1. The van der Waals surface area contributed by atoms with E-state index in [1.807, 2.05) is 19.9 Å². The third-order valence-corrected chi connectivity index (χ3v) is 5.44. The monoisotopic (exact) mass is 431 g/mol. The highest BCUT2D eigenvalue weighted by molar-refractivity contribution is 7.15. The summed E-state index contributed by atoms with van der Waals surface area (Å²) < 4.78 is 1.77. The molecule has 0 saturated carbocycles. The first-order valence-corrected chi connectivity index (χ1v) is 9.85. The fourth-order valence-corrected chi connectivity index (χ4v) is 3.63. The Bertz CT molecular complexity index is 1090. The van der Waals surface area contributed by atoms with E-state index in [0.29, 0.717) is 26.6 Å². The van der Waals surface area contributed by atoms with Crippen molar-refractivity contribution in [1.82, 2.24) is 14.8 Å². The minimum absolute atomic E-state index is 0.0636. The van der Waals surface area contributed by atoms with Crippen molar-refractivity contribution in [2.24, 2.45) is 0 Å². The number of amides is 1. The second kappa shape index (κ2) is 8.57. The van der Waals surface area contributed by atoms with Crippen molar-refractivity contribution in [1.29, 1.82) is 5.26 Å². The maximum absolute atomic E-state index is 12.5. The molecule has 0 aliphatic carbocycles. The quantitative estimate of drug-likeness (QED) is 0.438. The molecule has 0 aliphatic rings. The first-order chi connectivity index (χ1) is 13.4. The molecule has 2 heterocycles. The molecule has 0 saturated heterocycles. The summed E-state index contributed by atoms with van der Waals surface area (Å²) in [4.78, 5) is 12.5. The van der Waals surface area contributed by atoms with E-state index in [-0.39, 0.29) is 11.5 Å². The average molecular weight is 432 g/mol. The van der Waals surface area contributed by atoms with E-state index in [1.165, 1.54) is 17.4 Å². The zero-order chi connectivity index (χ0) is 20.3. The number of halogens is 2. The lowest BCUT2D eigenvalue weighted by Crippen LogP contribution is -2.13. The third kappa shape index (κ3) is 4.42. The van der Waals surface area contributed by atoms with E-state index in [9.17, 15) is 10.1 Å². The Kier molecular flexibility index (Phi) is 6.15. The Hall–Kier alpha value is -2.66. The van der Waals surface area contributed by atoms with Crippen LogP contribution in [0.25, 0.3) is 11.8 Å². The van der Waals surface area contributed by atoms with Crippen molar-refractivity contribution in [2.45, 2.75) is 19.8 Å². The van der Waals surface area contributed by atoms with Crippen LogP contribution in [0.15, 0.2) is 42.1 Å². The van der Waals surface area contributed by atoms with Gasteiger partial charge in [0.25, 0.3) is 5.91 Å². The van der Waals surface area contributed by atoms with Crippen LogP contribution < -0.4 is 5.32 Å². The number of nitriles is 1. The van der Waals surface area contributed by atoms with Crippen molar-refractivity contribution in [3.05, 3.63) is 62.8 Å². The largest absolute Gasteiger partial charge is 0.316 e. The number of hydrogen-bond acceptors (Lipinski definition) is 5. The highest BCUT2D eigenvalue weighted by Crippen LogP contribution is 2.27. The van der Waals surface area contributed by atoms with Crippen LogP contribution in [0.1, 0.15) is 30.5 Å². The zero-order valence-electron chi connectivity index (χ0n) is 15.0. The van der Waals surface area contributed by atoms with Gasteiger partial charge in [0.05, 0.1) is 10.7 Å². The van der Waals surface area contributed by atoms with Gasteiger partial charge in [-0.25, -0.2) is 0 Å². The predicted molar refractivity (Wildman–Crippen MR) is 112 cm³/mol. The van der Waals surface area contributed by atoms with E-state index in [1.54, 1.807) is 41.1 Å². The van der Waals surface area contributed by atoms with Crippen molar-refractivity contribution >= 4 is 51.7 Å². The molecular weight excluding hydrogens is 417 g/mol. The normalized spacial score (nSPS) is 11.5. The van der Waals surface area contributed by atoms with E-state index < -0.39 is 5.91 Å². The number of carbonyl (C=O) groups excluding carboxylic acids is 1. The summed E-state index contributed by atoms with van der Waals surface area (Å²) >= 11 is 13.5. The van der Waals surface area contributed by atoms with Crippen molar-refractivity contribution in [3.63, 3.8) is 0 Å². The first-order valence-electron chi connectivity index (χ1n) is 8.28. The zero-order valence-corrected chi connectivity index (χ0v) is 17.3. The van der Waals surface area contributed by atoms with E-state index >= 15 is 0 Å². The number of nitrogens with one attached hydrogen (secondary N) is 1. The Balaban J connectivity index is 1.88. The van der Waals surface area contributed by atoms with E-state index in [4.69, 9.17) is 23.2 Å². The summed E-state index contributed by atoms with van der Waals surface area (Å²) in [5.74, 6) is -0.342. The summed E-state index contributed by atoms with van der Waals surface area (Å²) in [6.45, 7) is 3.98. The molecule has 0 spiro atoms. The van der Waals surface area contributed by atoms with Gasteiger partial charge in [0.1, 0.15) is 16.6 Å². The molecule has 0 atom stereocenters. The van der Waals surface area contributed by atoms with E-state index in [0.717, 1.165) is 5.01 Å².